The third-order valence-corrected chi connectivity index (χ3v) is 3.66. The lowest BCUT2D eigenvalue weighted by atomic mass is 10.2. The number of alkyl halides is 2. The number of rotatable bonds is 6. The molecule has 0 bridgehead atoms. The minimum atomic E-state index is -2.86. The third-order valence-electron chi connectivity index (χ3n) is 3.66. The number of fused-ring (bicyclic) bond motifs is 1. The molecule has 2 aromatic carbocycles. The highest BCUT2D eigenvalue weighted by Gasteiger charge is 2.20. The molecule has 2 N–H and O–H groups in total. The quantitative estimate of drug-likeness (QED) is 0.827. The van der Waals surface area contributed by atoms with Crippen LogP contribution in [-0.4, -0.2) is 31.9 Å². The Bertz CT molecular complexity index is 740. The number of benzene rings is 2. The predicted octanol–water partition coefficient (Wildman–Crippen LogP) is 2.93. The van der Waals surface area contributed by atoms with Crippen molar-refractivity contribution in [3.8, 4) is 17.2 Å². The first-order valence-electron chi connectivity index (χ1n) is 8.04. The maximum Gasteiger partial charge on any atom is 0.387 e. The molecule has 6 nitrogen and oxygen atoms in total. The zero-order valence-electron chi connectivity index (χ0n) is 13.8. The number of hydrogen-bond donors (Lipinski definition) is 2. The molecule has 0 radical (unpaired) electrons. The van der Waals surface area contributed by atoms with Crippen LogP contribution in [0.15, 0.2) is 48.5 Å². The maximum absolute atomic E-state index is 12.1. The number of para-hydroxylation sites is 2. The predicted molar refractivity (Wildman–Crippen MR) is 89.7 cm³/mol. The van der Waals surface area contributed by atoms with E-state index in [1.54, 1.807) is 12.1 Å². The maximum atomic E-state index is 12.1. The second-order valence-electron chi connectivity index (χ2n) is 5.58. The number of nitrogens with one attached hydrogen (secondary N) is 2. The lowest BCUT2D eigenvalue weighted by Crippen LogP contribution is -2.44. The summed E-state index contributed by atoms with van der Waals surface area (Å²) in [5.74, 6) is 1.41. The molecule has 1 aliphatic heterocycles. The molecule has 0 aromatic heterocycles. The Morgan fingerprint density at radius 3 is 2.58 bits per heavy atom. The van der Waals surface area contributed by atoms with Crippen LogP contribution in [0.25, 0.3) is 0 Å². The molecule has 0 fully saturated rings. The van der Waals surface area contributed by atoms with Gasteiger partial charge in [0.05, 0.1) is 6.54 Å². The van der Waals surface area contributed by atoms with Gasteiger partial charge in [0.25, 0.3) is 0 Å². The number of carbonyl (C=O) groups is 1. The van der Waals surface area contributed by atoms with Crippen LogP contribution in [0.5, 0.6) is 17.2 Å². The fourth-order valence-corrected chi connectivity index (χ4v) is 2.40. The summed E-state index contributed by atoms with van der Waals surface area (Å²) < 4.78 is 39.8. The summed E-state index contributed by atoms with van der Waals surface area (Å²) in [5.41, 5.74) is 0.757. The molecular weight excluding hydrogens is 346 g/mol. The monoisotopic (exact) mass is 364 g/mol. The van der Waals surface area contributed by atoms with Gasteiger partial charge in [0.15, 0.2) is 17.6 Å². The number of amides is 2. The van der Waals surface area contributed by atoms with E-state index in [9.17, 15) is 13.6 Å². The average molecular weight is 364 g/mol. The second kappa shape index (κ2) is 8.37. The van der Waals surface area contributed by atoms with Gasteiger partial charge in [-0.3, -0.25) is 0 Å². The lowest BCUT2D eigenvalue weighted by Gasteiger charge is -2.26. The van der Waals surface area contributed by atoms with Gasteiger partial charge in [0.2, 0.25) is 0 Å². The molecule has 26 heavy (non-hydrogen) atoms. The molecule has 8 heteroatoms. The van der Waals surface area contributed by atoms with Crippen molar-refractivity contribution >= 4 is 6.03 Å². The van der Waals surface area contributed by atoms with Gasteiger partial charge in [-0.25, -0.2) is 4.79 Å². The Kier molecular flexibility index (Phi) is 5.73. The molecule has 1 atom stereocenters. The highest BCUT2D eigenvalue weighted by atomic mass is 19.3. The van der Waals surface area contributed by atoms with Gasteiger partial charge in [0.1, 0.15) is 12.4 Å². The zero-order chi connectivity index (χ0) is 18.4. The Morgan fingerprint density at radius 2 is 1.85 bits per heavy atom. The van der Waals surface area contributed by atoms with Crippen molar-refractivity contribution < 1.29 is 27.8 Å². The standard InChI is InChI=1S/C18H18F2N2O4/c19-17(20)26-13-7-5-12(6-8-13)9-21-18(23)22-10-14-11-24-15-3-1-2-4-16(15)25-14/h1-8,14,17H,9-11H2,(H2,21,22,23)/t14-/m1/s1. The number of urea groups is 1. The summed E-state index contributed by atoms with van der Waals surface area (Å²) in [6.07, 6.45) is -0.276. The van der Waals surface area contributed by atoms with Gasteiger partial charge in [-0.15, -0.1) is 0 Å². The molecule has 0 spiro atoms. The fourth-order valence-electron chi connectivity index (χ4n) is 2.40. The number of carbonyl (C=O) groups excluding carboxylic acids is 1. The molecule has 0 saturated heterocycles. The van der Waals surface area contributed by atoms with Gasteiger partial charge < -0.3 is 24.8 Å². The molecule has 0 unspecified atom stereocenters. The second-order valence-corrected chi connectivity index (χ2v) is 5.58. The van der Waals surface area contributed by atoms with Crippen LogP contribution in [0.1, 0.15) is 5.56 Å². The van der Waals surface area contributed by atoms with Gasteiger partial charge in [0, 0.05) is 6.54 Å². The highest BCUT2D eigenvalue weighted by molar-refractivity contribution is 5.73. The summed E-state index contributed by atoms with van der Waals surface area (Å²) in [6, 6.07) is 13.0. The van der Waals surface area contributed by atoms with E-state index in [2.05, 4.69) is 15.4 Å². The van der Waals surface area contributed by atoms with E-state index < -0.39 is 6.61 Å². The first-order chi connectivity index (χ1) is 12.6. The first-order valence-corrected chi connectivity index (χ1v) is 8.04. The highest BCUT2D eigenvalue weighted by Crippen LogP contribution is 2.30. The molecule has 2 aromatic rings. The Labute approximate surface area is 149 Å². The van der Waals surface area contributed by atoms with Crippen molar-refractivity contribution in [2.45, 2.75) is 19.3 Å². The van der Waals surface area contributed by atoms with Gasteiger partial charge >= 0.3 is 12.6 Å². The number of hydrogen-bond acceptors (Lipinski definition) is 4. The largest absolute Gasteiger partial charge is 0.486 e. The van der Waals surface area contributed by atoms with Gasteiger partial charge in [-0.05, 0) is 29.8 Å². The summed E-state index contributed by atoms with van der Waals surface area (Å²) in [6.45, 7) is -1.96. The van der Waals surface area contributed by atoms with Crippen molar-refractivity contribution in [3.05, 3.63) is 54.1 Å². The van der Waals surface area contributed by atoms with Gasteiger partial charge in [-0.2, -0.15) is 8.78 Å². The van der Waals surface area contributed by atoms with Crippen molar-refractivity contribution in [3.63, 3.8) is 0 Å². The average Bonchev–Trinajstić information content (AvgIpc) is 2.65. The van der Waals surface area contributed by atoms with E-state index in [1.807, 2.05) is 24.3 Å². The van der Waals surface area contributed by atoms with E-state index in [0.29, 0.717) is 24.7 Å². The van der Waals surface area contributed by atoms with E-state index in [1.165, 1.54) is 12.1 Å². The Hall–Kier alpha value is -3.03. The van der Waals surface area contributed by atoms with Crippen LogP contribution in [0.2, 0.25) is 0 Å². The number of ether oxygens (including phenoxy) is 3. The molecule has 138 valence electrons. The fraction of sp³-hybridized carbons (Fsp3) is 0.278. The molecule has 2 amide bonds. The summed E-state index contributed by atoms with van der Waals surface area (Å²) >= 11 is 0. The summed E-state index contributed by atoms with van der Waals surface area (Å²) in [5, 5.41) is 5.39. The smallest absolute Gasteiger partial charge is 0.387 e. The minimum Gasteiger partial charge on any atom is -0.486 e. The van der Waals surface area contributed by atoms with Crippen molar-refractivity contribution in [2.75, 3.05) is 13.2 Å². The molecule has 3 rings (SSSR count). The van der Waals surface area contributed by atoms with Crippen molar-refractivity contribution in [2.24, 2.45) is 0 Å². The molecule has 1 aliphatic rings. The molecular formula is C18H18F2N2O4. The van der Waals surface area contributed by atoms with Crippen LogP contribution in [0.3, 0.4) is 0 Å². The van der Waals surface area contributed by atoms with Crippen molar-refractivity contribution in [1.29, 1.82) is 0 Å². The number of halogens is 2. The van der Waals surface area contributed by atoms with E-state index in [-0.39, 0.29) is 24.4 Å². The first kappa shape index (κ1) is 17.8. The van der Waals surface area contributed by atoms with Crippen molar-refractivity contribution in [1.82, 2.24) is 10.6 Å². The molecule has 0 saturated carbocycles. The zero-order valence-corrected chi connectivity index (χ0v) is 13.8. The van der Waals surface area contributed by atoms with Crippen LogP contribution >= 0.6 is 0 Å². The van der Waals surface area contributed by atoms with E-state index >= 15 is 0 Å². The third kappa shape index (κ3) is 4.98. The van der Waals surface area contributed by atoms with Crippen LogP contribution in [0, 0.1) is 0 Å². The topological polar surface area (TPSA) is 68.8 Å². The molecule has 1 heterocycles. The Balaban J connectivity index is 1.39. The van der Waals surface area contributed by atoms with Crippen LogP contribution < -0.4 is 24.8 Å². The lowest BCUT2D eigenvalue weighted by molar-refractivity contribution is -0.0498. The van der Waals surface area contributed by atoms with Crippen LogP contribution in [0.4, 0.5) is 13.6 Å². The molecule has 0 aliphatic carbocycles. The van der Waals surface area contributed by atoms with Crippen LogP contribution in [-0.2, 0) is 6.54 Å². The SMILES string of the molecule is O=C(NCc1ccc(OC(F)F)cc1)NC[C@@H]1COc2ccccc2O1. The minimum absolute atomic E-state index is 0.0722. The normalized spacial score (nSPS) is 15.4. The summed E-state index contributed by atoms with van der Waals surface area (Å²) in [4.78, 5) is 11.9. The van der Waals surface area contributed by atoms with E-state index in [0.717, 1.165) is 5.56 Å². The Morgan fingerprint density at radius 1 is 1.12 bits per heavy atom. The van der Waals surface area contributed by atoms with Gasteiger partial charge in [-0.1, -0.05) is 24.3 Å². The summed E-state index contributed by atoms with van der Waals surface area (Å²) in [7, 11) is 0. The van der Waals surface area contributed by atoms with E-state index in [4.69, 9.17) is 9.47 Å².